The highest BCUT2D eigenvalue weighted by Crippen LogP contribution is 2.42. The first-order chi connectivity index (χ1) is 13.1. The third-order valence-corrected chi connectivity index (χ3v) is 5.04. The van der Waals surface area contributed by atoms with E-state index in [2.05, 4.69) is 0 Å². The van der Waals surface area contributed by atoms with E-state index in [9.17, 15) is 9.18 Å². The number of unbranched alkanes of at least 4 members (excludes halogenated alkanes) is 1. The van der Waals surface area contributed by atoms with Gasteiger partial charge < -0.3 is 4.74 Å². The van der Waals surface area contributed by atoms with Crippen molar-refractivity contribution in [3.05, 3.63) is 83.7 Å². The summed E-state index contributed by atoms with van der Waals surface area (Å²) in [7, 11) is 1.88. The molecule has 27 heavy (non-hydrogen) atoms. The molecule has 2 aromatic rings. The third kappa shape index (κ3) is 4.45. The monoisotopic (exact) mass is 367 g/mol. The van der Waals surface area contributed by atoms with Gasteiger partial charge in [0.2, 0.25) is 0 Å². The van der Waals surface area contributed by atoms with Crippen molar-refractivity contribution in [3.63, 3.8) is 0 Å². The lowest BCUT2D eigenvalue weighted by atomic mass is 9.91. The molecule has 0 radical (unpaired) electrons. The maximum Gasteiger partial charge on any atom is 0.324 e. The van der Waals surface area contributed by atoms with Crippen LogP contribution in [0, 0.1) is 0 Å². The SMILES string of the molecule is CCCC=C(F)CC1C(=O)OC(c2ccccc2)C(c2ccccc2)N1C. The average Bonchev–Trinajstić information content (AvgIpc) is 2.70. The molecule has 3 atom stereocenters. The molecule has 0 bridgehead atoms. The zero-order chi connectivity index (χ0) is 19.2. The third-order valence-electron chi connectivity index (χ3n) is 5.04. The van der Waals surface area contributed by atoms with E-state index >= 15 is 0 Å². The molecule has 142 valence electrons. The fourth-order valence-corrected chi connectivity index (χ4v) is 3.59. The predicted molar refractivity (Wildman–Crippen MR) is 105 cm³/mol. The normalized spacial score (nSPS) is 23.9. The molecular formula is C23H26FNO2. The fraction of sp³-hybridized carbons (Fsp3) is 0.348. The molecule has 0 aromatic heterocycles. The number of carbonyl (C=O) groups excluding carboxylic acids is 1. The molecule has 0 saturated carbocycles. The largest absolute Gasteiger partial charge is 0.454 e. The van der Waals surface area contributed by atoms with Crippen molar-refractivity contribution < 1.29 is 13.9 Å². The van der Waals surface area contributed by atoms with Crippen molar-refractivity contribution in [2.45, 2.75) is 44.4 Å². The molecule has 3 rings (SSSR count). The zero-order valence-corrected chi connectivity index (χ0v) is 15.8. The second-order valence-electron chi connectivity index (χ2n) is 6.95. The fourth-order valence-electron chi connectivity index (χ4n) is 3.59. The highest BCUT2D eigenvalue weighted by atomic mass is 19.1. The van der Waals surface area contributed by atoms with Crippen molar-refractivity contribution in [2.24, 2.45) is 0 Å². The van der Waals surface area contributed by atoms with Gasteiger partial charge in [-0.1, -0.05) is 80.1 Å². The molecule has 3 nitrogen and oxygen atoms in total. The standard InChI is InChI=1S/C23H26FNO2/c1-3-4-15-19(24)16-20-23(26)27-22(18-13-9-6-10-14-18)21(25(20)2)17-11-7-5-8-12-17/h5-15,20-22H,3-4,16H2,1-2H3. The molecule has 0 amide bonds. The number of esters is 1. The van der Waals surface area contributed by atoms with Crippen molar-refractivity contribution >= 4 is 5.97 Å². The lowest BCUT2D eigenvalue weighted by Crippen LogP contribution is -2.49. The van der Waals surface area contributed by atoms with Crippen LogP contribution in [0.4, 0.5) is 4.39 Å². The van der Waals surface area contributed by atoms with Gasteiger partial charge in [0, 0.05) is 6.42 Å². The number of hydrogen-bond donors (Lipinski definition) is 0. The van der Waals surface area contributed by atoms with Crippen LogP contribution >= 0.6 is 0 Å². The minimum Gasteiger partial charge on any atom is -0.454 e. The number of halogens is 1. The Balaban J connectivity index is 1.93. The van der Waals surface area contributed by atoms with Gasteiger partial charge in [-0.15, -0.1) is 0 Å². The van der Waals surface area contributed by atoms with Crippen LogP contribution in [0.3, 0.4) is 0 Å². The van der Waals surface area contributed by atoms with Crippen LogP contribution in [0.2, 0.25) is 0 Å². The van der Waals surface area contributed by atoms with Crippen LogP contribution < -0.4 is 0 Å². The Morgan fingerprint density at radius 2 is 1.67 bits per heavy atom. The second-order valence-corrected chi connectivity index (χ2v) is 6.95. The Morgan fingerprint density at radius 1 is 1.07 bits per heavy atom. The molecule has 0 N–H and O–H groups in total. The second kappa shape index (κ2) is 8.96. The van der Waals surface area contributed by atoms with Gasteiger partial charge in [0.1, 0.15) is 12.1 Å². The van der Waals surface area contributed by atoms with Crippen LogP contribution in [0.5, 0.6) is 0 Å². The van der Waals surface area contributed by atoms with E-state index in [0.29, 0.717) is 6.42 Å². The minimum absolute atomic E-state index is 0.0418. The summed E-state index contributed by atoms with van der Waals surface area (Å²) in [5, 5.41) is 0. The first kappa shape index (κ1) is 19.3. The average molecular weight is 367 g/mol. The number of carbonyl (C=O) groups is 1. The first-order valence-corrected chi connectivity index (χ1v) is 9.48. The summed E-state index contributed by atoms with van der Waals surface area (Å²) in [5.74, 6) is -0.630. The Kier molecular flexibility index (Phi) is 6.40. The van der Waals surface area contributed by atoms with Gasteiger partial charge in [0.05, 0.1) is 11.9 Å². The quantitative estimate of drug-likeness (QED) is 0.643. The Bertz CT molecular complexity index is 775. The molecule has 1 aliphatic heterocycles. The maximum atomic E-state index is 14.3. The molecule has 1 heterocycles. The van der Waals surface area contributed by atoms with E-state index in [1.807, 2.05) is 79.5 Å². The Morgan fingerprint density at radius 3 is 2.26 bits per heavy atom. The van der Waals surface area contributed by atoms with Gasteiger partial charge >= 0.3 is 5.97 Å². The van der Waals surface area contributed by atoms with Crippen LogP contribution in [0.15, 0.2) is 72.6 Å². The number of allylic oxidation sites excluding steroid dienone is 1. The Hall–Kier alpha value is -2.46. The summed E-state index contributed by atoms with van der Waals surface area (Å²) < 4.78 is 20.2. The van der Waals surface area contributed by atoms with Crippen LogP contribution in [-0.2, 0) is 9.53 Å². The van der Waals surface area contributed by atoms with E-state index in [0.717, 1.165) is 17.5 Å². The number of hydrogen-bond acceptors (Lipinski definition) is 3. The highest BCUT2D eigenvalue weighted by Gasteiger charge is 2.43. The van der Waals surface area contributed by atoms with Gasteiger partial charge in [0.15, 0.2) is 0 Å². The lowest BCUT2D eigenvalue weighted by molar-refractivity contribution is -0.173. The van der Waals surface area contributed by atoms with Gasteiger partial charge in [-0.05, 0) is 24.6 Å². The van der Waals surface area contributed by atoms with Crippen molar-refractivity contribution in [1.82, 2.24) is 4.90 Å². The first-order valence-electron chi connectivity index (χ1n) is 9.48. The van der Waals surface area contributed by atoms with Gasteiger partial charge in [-0.2, -0.15) is 0 Å². The molecule has 4 heteroatoms. The molecule has 0 spiro atoms. The van der Waals surface area contributed by atoms with Gasteiger partial charge in [0.25, 0.3) is 0 Å². The van der Waals surface area contributed by atoms with E-state index in [4.69, 9.17) is 4.74 Å². The molecule has 1 fully saturated rings. The molecule has 1 aliphatic rings. The van der Waals surface area contributed by atoms with Crippen LogP contribution in [0.1, 0.15) is 49.5 Å². The number of nitrogens with zero attached hydrogens (tertiary/aromatic N) is 1. The molecular weight excluding hydrogens is 341 g/mol. The summed E-state index contributed by atoms with van der Waals surface area (Å²) >= 11 is 0. The van der Waals surface area contributed by atoms with E-state index in [1.54, 1.807) is 6.08 Å². The maximum absolute atomic E-state index is 14.3. The van der Waals surface area contributed by atoms with Crippen molar-refractivity contribution in [2.75, 3.05) is 7.05 Å². The number of likely N-dealkylation sites (N-methyl/N-ethyl adjacent to an activating group) is 1. The van der Waals surface area contributed by atoms with E-state index < -0.39 is 12.1 Å². The zero-order valence-electron chi connectivity index (χ0n) is 15.8. The number of benzene rings is 2. The number of cyclic esters (lactones) is 1. The predicted octanol–water partition coefficient (Wildman–Crippen LogP) is 5.37. The molecule has 3 unspecified atom stereocenters. The summed E-state index contributed by atoms with van der Waals surface area (Å²) in [4.78, 5) is 14.7. The van der Waals surface area contributed by atoms with Crippen molar-refractivity contribution in [3.8, 4) is 0 Å². The summed E-state index contributed by atoms with van der Waals surface area (Å²) in [6, 6.07) is 18.9. The highest BCUT2D eigenvalue weighted by molar-refractivity contribution is 5.77. The van der Waals surface area contributed by atoms with E-state index in [-0.39, 0.29) is 24.3 Å². The molecule has 1 saturated heterocycles. The topological polar surface area (TPSA) is 29.5 Å². The summed E-state index contributed by atoms with van der Waals surface area (Å²) in [6.07, 6.45) is 2.74. The number of morpholine rings is 1. The lowest BCUT2D eigenvalue weighted by Gasteiger charge is -2.43. The smallest absolute Gasteiger partial charge is 0.324 e. The van der Waals surface area contributed by atoms with Gasteiger partial charge in [-0.3, -0.25) is 9.69 Å². The van der Waals surface area contributed by atoms with Crippen LogP contribution in [0.25, 0.3) is 0 Å². The molecule has 0 aliphatic carbocycles. The Labute approximate surface area is 160 Å². The van der Waals surface area contributed by atoms with Gasteiger partial charge in [-0.25, -0.2) is 4.39 Å². The van der Waals surface area contributed by atoms with Crippen LogP contribution in [-0.4, -0.2) is 24.0 Å². The van der Waals surface area contributed by atoms with E-state index in [1.165, 1.54) is 0 Å². The minimum atomic E-state index is -0.636. The van der Waals surface area contributed by atoms with Crippen molar-refractivity contribution in [1.29, 1.82) is 0 Å². The molecule has 2 aromatic carbocycles. The number of ether oxygens (including phenoxy) is 1. The summed E-state index contributed by atoms with van der Waals surface area (Å²) in [5.41, 5.74) is 1.98. The summed E-state index contributed by atoms with van der Waals surface area (Å²) in [6.45, 7) is 2.00. The number of rotatable bonds is 6.